The van der Waals surface area contributed by atoms with Crippen LogP contribution in [0.25, 0.3) is 32.3 Å². The van der Waals surface area contributed by atoms with Crippen LogP contribution in [0.3, 0.4) is 0 Å². The van der Waals surface area contributed by atoms with Crippen molar-refractivity contribution in [1.29, 1.82) is 5.41 Å². The van der Waals surface area contributed by atoms with Gasteiger partial charge in [-0.1, -0.05) is 66.7 Å². The molecule has 2 nitrogen and oxygen atoms in total. The summed E-state index contributed by atoms with van der Waals surface area (Å²) in [6, 6.07) is 24.0. The Labute approximate surface area is 128 Å². The Morgan fingerprint density at radius 2 is 1.05 bits per heavy atom. The van der Waals surface area contributed by atoms with Gasteiger partial charge >= 0.3 is 0 Å². The summed E-state index contributed by atoms with van der Waals surface area (Å²) in [6.45, 7) is 2.20. The summed E-state index contributed by atoms with van der Waals surface area (Å²) < 4.78 is 0. The summed E-state index contributed by atoms with van der Waals surface area (Å²) in [6.07, 6.45) is 0.750. The molecule has 0 atom stereocenters. The highest BCUT2D eigenvalue weighted by Gasteiger charge is 2.08. The molecule has 0 heterocycles. The number of benzene rings is 4. The van der Waals surface area contributed by atoms with Gasteiger partial charge in [0.05, 0.1) is 0 Å². The molecule has 0 saturated heterocycles. The molecule has 0 radical (unpaired) electrons. The van der Waals surface area contributed by atoms with E-state index in [0.717, 1.165) is 6.08 Å². The van der Waals surface area contributed by atoms with Gasteiger partial charge in [0.1, 0.15) is 0 Å². The van der Waals surface area contributed by atoms with Gasteiger partial charge < -0.3 is 0 Å². The zero-order valence-electron chi connectivity index (χ0n) is 12.3. The Morgan fingerprint density at radius 3 is 1.55 bits per heavy atom. The maximum absolute atomic E-state index is 8.35. The smallest absolute Gasteiger partial charge is 0.222 e. The quantitative estimate of drug-likeness (QED) is 0.264. The molecule has 4 rings (SSSR count). The van der Waals surface area contributed by atoms with Crippen molar-refractivity contribution >= 4 is 38.4 Å². The standard InChI is InChI=1S/C19H14.CHNO/c1-13-7-6-12-18-16-9-3-2-8-14(16)15-10-4-5-11-17(15)19(13)18;2-1-3/h2-12H,1H3;2H. The normalized spacial score (nSPS) is 10.2. The van der Waals surface area contributed by atoms with Crippen molar-refractivity contribution in [3.8, 4) is 0 Å². The Morgan fingerprint density at radius 1 is 0.682 bits per heavy atom. The number of rotatable bonds is 0. The molecule has 2 heteroatoms. The first kappa shape index (κ1) is 14.0. The topological polar surface area (TPSA) is 40.9 Å². The van der Waals surface area contributed by atoms with Gasteiger partial charge in [-0.2, -0.15) is 0 Å². The fraction of sp³-hybridized carbons (Fsp3) is 0.0500. The van der Waals surface area contributed by atoms with Crippen LogP contribution in [0.2, 0.25) is 0 Å². The number of carbonyl (C=O) groups excluding carboxylic acids is 1. The molecule has 1 N–H and O–H groups in total. The number of fused-ring (bicyclic) bond motifs is 6. The van der Waals surface area contributed by atoms with E-state index in [1.165, 1.54) is 37.9 Å². The van der Waals surface area contributed by atoms with E-state index in [1.54, 1.807) is 0 Å². The lowest BCUT2D eigenvalue weighted by Crippen LogP contribution is -1.85. The molecule has 0 bridgehead atoms. The lowest BCUT2D eigenvalue weighted by Gasteiger charge is -2.11. The molecule has 0 unspecified atom stereocenters. The molecule has 0 aromatic heterocycles. The van der Waals surface area contributed by atoms with Crippen LogP contribution in [0.4, 0.5) is 0 Å². The number of hydrogen-bond acceptors (Lipinski definition) is 2. The van der Waals surface area contributed by atoms with Crippen LogP contribution in [-0.4, -0.2) is 6.08 Å². The van der Waals surface area contributed by atoms with E-state index in [0.29, 0.717) is 0 Å². The summed E-state index contributed by atoms with van der Waals surface area (Å²) >= 11 is 0. The van der Waals surface area contributed by atoms with E-state index >= 15 is 0 Å². The van der Waals surface area contributed by atoms with Crippen LogP contribution >= 0.6 is 0 Å². The van der Waals surface area contributed by atoms with Crippen LogP contribution in [0, 0.1) is 12.3 Å². The lowest BCUT2D eigenvalue weighted by molar-refractivity contribution is 0.563. The third-order valence-corrected chi connectivity index (χ3v) is 3.98. The predicted molar refractivity (Wildman–Crippen MR) is 92.1 cm³/mol. The van der Waals surface area contributed by atoms with E-state index in [9.17, 15) is 0 Å². The highest BCUT2D eigenvalue weighted by Crippen LogP contribution is 2.36. The summed E-state index contributed by atoms with van der Waals surface area (Å²) in [5.41, 5.74) is 1.35. The van der Waals surface area contributed by atoms with Crippen LogP contribution in [-0.2, 0) is 4.79 Å². The minimum Gasteiger partial charge on any atom is -0.222 e. The Balaban J connectivity index is 0.000000446. The van der Waals surface area contributed by atoms with E-state index in [1.807, 2.05) is 0 Å². The van der Waals surface area contributed by atoms with Crippen molar-refractivity contribution in [2.24, 2.45) is 0 Å². The third kappa shape index (κ3) is 2.16. The summed E-state index contributed by atoms with van der Waals surface area (Å²) in [5, 5.41) is 13.5. The molecule has 4 aromatic rings. The number of hydrogen-bond donors (Lipinski definition) is 1. The third-order valence-electron chi connectivity index (χ3n) is 3.98. The minimum atomic E-state index is 0.750. The Hall–Kier alpha value is -2.96. The highest BCUT2D eigenvalue weighted by molar-refractivity contribution is 6.25. The first-order valence-corrected chi connectivity index (χ1v) is 7.10. The van der Waals surface area contributed by atoms with Crippen LogP contribution in [0.5, 0.6) is 0 Å². The number of isocyanates is 1. The first-order valence-electron chi connectivity index (χ1n) is 7.10. The van der Waals surface area contributed by atoms with E-state index in [4.69, 9.17) is 10.2 Å². The van der Waals surface area contributed by atoms with Gasteiger partial charge in [-0.3, -0.25) is 0 Å². The van der Waals surface area contributed by atoms with Crippen LogP contribution < -0.4 is 0 Å². The number of aryl methyl sites for hydroxylation is 1. The van der Waals surface area contributed by atoms with E-state index in [-0.39, 0.29) is 0 Å². The number of nitrogens with one attached hydrogen (secondary N) is 1. The van der Waals surface area contributed by atoms with E-state index < -0.39 is 0 Å². The molecule has 0 aliphatic rings. The molecular weight excluding hydrogens is 270 g/mol. The van der Waals surface area contributed by atoms with Gasteiger partial charge in [-0.05, 0) is 44.8 Å². The van der Waals surface area contributed by atoms with Gasteiger partial charge in [-0.15, -0.1) is 0 Å². The fourth-order valence-corrected chi connectivity index (χ4v) is 3.14. The molecule has 0 fully saturated rings. The first-order chi connectivity index (χ1) is 10.8. The molecule has 0 amide bonds. The molecule has 0 spiro atoms. The summed E-state index contributed by atoms with van der Waals surface area (Å²) in [4.78, 5) is 8.35. The molecular formula is C20H15NO. The predicted octanol–water partition coefficient (Wildman–Crippen LogP) is 5.36. The second kappa shape index (κ2) is 5.80. The monoisotopic (exact) mass is 285 g/mol. The lowest BCUT2D eigenvalue weighted by atomic mass is 9.92. The molecule has 0 saturated carbocycles. The SMILES string of the molecule is Cc1cccc2c3ccccc3c3ccccc3c12.N=C=O. The van der Waals surface area contributed by atoms with Crippen LogP contribution in [0.15, 0.2) is 66.7 Å². The van der Waals surface area contributed by atoms with Crippen LogP contribution in [0.1, 0.15) is 5.56 Å². The van der Waals surface area contributed by atoms with Crippen molar-refractivity contribution in [3.05, 3.63) is 72.3 Å². The van der Waals surface area contributed by atoms with E-state index in [2.05, 4.69) is 73.7 Å². The van der Waals surface area contributed by atoms with Crippen molar-refractivity contribution in [3.63, 3.8) is 0 Å². The average molecular weight is 285 g/mol. The second-order valence-electron chi connectivity index (χ2n) is 5.19. The molecule has 0 aliphatic heterocycles. The van der Waals surface area contributed by atoms with Gasteiger partial charge in [0.2, 0.25) is 6.08 Å². The van der Waals surface area contributed by atoms with Gasteiger partial charge in [0.15, 0.2) is 0 Å². The maximum Gasteiger partial charge on any atom is 0.231 e. The van der Waals surface area contributed by atoms with Gasteiger partial charge in [-0.25, -0.2) is 10.2 Å². The fourth-order valence-electron chi connectivity index (χ4n) is 3.14. The minimum absolute atomic E-state index is 0.750. The second-order valence-corrected chi connectivity index (χ2v) is 5.19. The molecule has 106 valence electrons. The Bertz CT molecular complexity index is 967. The van der Waals surface area contributed by atoms with Gasteiger partial charge in [0.25, 0.3) is 0 Å². The Kier molecular flexibility index (Phi) is 3.69. The molecule has 0 aliphatic carbocycles. The summed E-state index contributed by atoms with van der Waals surface area (Å²) in [5.74, 6) is 0. The zero-order valence-corrected chi connectivity index (χ0v) is 12.3. The summed E-state index contributed by atoms with van der Waals surface area (Å²) in [7, 11) is 0. The largest absolute Gasteiger partial charge is 0.231 e. The zero-order chi connectivity index (χ0) is 15.5. The highest BCUT2D eigenvalue weighted by atomic mass is 16.1. The van der Waals surface area contributed by atoms with Gasteiger partial charge in [0, 0.05) is 0 Å². The van der Waals surface area contributed by atoms with Crippen molar-refractivity contribution in [2.75, 3.05) is 0 Å². The maximum atomic E-state index is 8.35. The van der Waals surface area contributed by atoms with Crippen molar-refractivity contribution < 1.29 is 4.79 Å². The average Bonchev–Trinajstić information content (AvgIpc) is 2.56. The van der Waals surface area contributed by atoms with Crippen molar-refractivity contribution in [2.45, 2.75) is 6.92 Å². The van der Waals surface area contributed by atoms with Crippen molar-refractivity contribution in [1.82, 2.24) is 0 Å². The molecule has 4 aromatic carbocycles. The molecule has 22 heavy (non-hydrogen) atoms.